The van der Waals surface area contributed by atoms with Crippen molar-refractivity contribution in [3.05, 3.63) is 58.1 Å². The summed E-state index contributed by atoms with van der Waals surface area (Å²) in [5, 5.41) is 0.245. The number of carbonyl (C=O) groups is 1. The number of aryl methyl sites for hydroxylation is 1. The number of rotatable bonds is 6. The second-order valence-corrected chi connectivity index (χ2v) is 7.90. The predicted molar refractivity (Wildman–Crippen MR) is 98.8 cm³/mol. The molecule has 25 heavy (non-hydrogen) atoms. The van der Waals surface area contributed by atoms with Gasteiger partial charge in [0.2, 0.25) is 0 Å². The second-order valence-electron chi connectivity index (χ2n) is 5.23. The molecule has 8 heteroatoms. The van der Waals surface area contributed by atoms with Crippen molar-refractivity contribution >= 4 is 44.9 Å². The summed E-state index contributed by atoms with van der Waals surface area (Å²) in [6, 6.07) is 10.9. The lowest BCUT2D eigenvalue weighted by molar-refractivity contribution is -0.141. The molecule has 0 fully saturated rings. The molecule has 0 radical (unpaired) electrons. The minimum absolute atomic E-state index is 0.0194. The van der Waals surface area contributed by atoms with Crippen LogP contribution in [0.25, 0.3) is 0 Å². The van der Waals surface area contributed by atoms with E-state index in [1.54, 1.807) is 25.1 Å². The van der Waals surface area contributed by atoms with Crippen molar-refractivity contribution in [2.75, 3.05) is 17.5 Å². The molecule has 2 aromatic rings. The van der Waals surface area contributed by atoms with Gasteiger partial charge in [0.15, 0.2) is 0 Å². The van der Waals surface area contributed by atoms with Gasteiger partial charge in [0, 0.05) is 5.02 Å². The highest BCUT2D eigenvalue weighted by Crippen LogP contribution is 2.31. The average Bonchev–Trinajstić information content (AvgIpc) is 2.55. The molecule has 0 aliphatic heterocycles. The molecular formula is C17H17Cl2NO4S. The number of carbonyl (C=O) groups excluding carboxylic acids is 1. The third kappa shape index (κ3) is 4.66. The van der Waals surface area contributed by atoms with Gasteiger partial charge in [0.25, 0.3) is 10.0 Å². The first-order valence-corrected chi connectivity index (χ1v) is 9.65. The Hall–Kier alpha value is -1.76. The molecule has 0 aliphatic carbocycles. The van der Waals surface area contributed by atoms with Gasteiger partial charge in [0.1, 0.15) is 11.4 Å². The maximum absolute atomic E-state index is 13.1. The molecule has 0 bridgehead atoms. The molecule has 0 aliphatic rings. The minimum atomic E-state index is -4.12. The van der Waals surface area contributed by atoms with Crippen LogP contribution in [-0.4, -0.2) is 27.5 Å². The Balaban J connectivity index is 2.57. The number of halogens is 2. The SMILES string of the molecule is CCOC(=O)CN(c1cccc(C)c1)S(=O)(=O)c1cc(Cl)ccc1Cl. The number of ether oxygens (including phenoxy) is 1. The Morgan fingerprint density at radius 2 is 1.88 bits per heavy atom. The Morgan fingerprint density at radius 1 is 1.16 bits per heavy atom. The van der Waals surface area contributed by atoms with Crippen molar-refractivity contribution in [1.82, 2.24) is 0 Å². The summed E-state index contributed by atoms with van der Waals surface area (Å²) in [6.45, 7) is 3.16. The van der Waals surface area contributed by atoms with E-state index in [-0.39, 0.29) is 21.5 Å². The van der Waals surface area contributed by atoms with Gasteiger partial charge < -0.3 is 4.74 Å². The zero-order chi connectivity index (χ0) is 18.6. The van der Waals surface area contributed by atoms with Gasteiger partial charge in [-0.05, 0) is 49.7 Å². The van der Waals surface area contributed by atoms with Crippen LogP contribution >= 0.6 is 23.2 Å². The lowest BCUT2D eigenvalue weighted by atomic mass is 10.2. The van der Waals surface area contributed by atoms with E-state index in [1.165, 1.54) is 18.2 Å². The fraction of sp³-hybridized carbons (Fsp3) is 0.235. The van der Waals surface area contributed by atoms with Gasteiger partial charge >= 0.3 is 5.97 Å². The highest BCUT2D eigenvalue weighted by Gasteiger charge is 2.30. The van der Waals surface area contributed by atoms with Crippen LogP contribution in [-0.2, 0) is 19.6 Å². The first kappa shape index (κ1) is 19.6. The van der Waals surface area contributed by atoms with Crippen LogP contribution in [0.3, 0.4) is 0 Å². The van der Waals surface area contributed by atoms with Gasteiger partial charge in [-0.15, -0.1) is 0 Å². The number of nitrogens with zero attached hydrogens (tertiary/aromatic N) is 1. The monoisotopic (exact) mass is 401 g/mol. The minimum Gasteiger partial charge on any atom is -0.465 e. The van der Waals surface area contributed by atoms with Gasteiger partial charge in [-0.2, -0.15) is 0 Å². The molecule has 0 amide bonds. The van der Waals surface area contributed by atoms with E-state index in [0.717, 1.165) is 9.87 Å². The molecule has 0 heterocycles. The molecule has 0 atom stereocenters. The molecular weight excluding hydrogens is 385 g/mol. The summed E-state index contributed by atoms with van der Waals surface area (Å²) in [5.74, 6) is -0.661. The van der Waals surface area contributed by atoms with Crippen molar-refractivity contribution in [2.45, 2.75) is 18.7 Å². The van der Waals surface area contributed by atoms with Crippen molar-refractivity contribution < 1.29 is 17.9 Å². The van der Waals surface area contributed by atoms with Crippen LogP contribution in [0.5, 0.6) is 0 Å². The maximum Gasteiger partial charge on any atom is 0.326 e. The van der Waals surface area contributed by atoms with Crippen LogP contribution in [0.4, 0.5) is 5.69 Å². The second kappa shape index (κ2) is 8.08. The van der Waals surface area contributed by atoms with E-state index >= 15 is 0 Å². The third-order valence-electron chi connectivity index (χ3n) is 3.33. The van der Waals surface area contributed by atoms with Crippen LogP contribution in [0.1, 0.15) is 12.5 Å². The summed E-state index contributed by atoms with van der Waals surface area (Å²) < 4.78 is 32.1. The van der Waals surface area contributed by atoms with Crippen molar-refractivity contribution in [1.29, 1.82) is 0 Å². The summed E-state index contributed by atoms with van der Waals surface area (Å²) >= 11 is 12.0. The molecule has 0 saturated carbocycles. The predicted octanol–water partition coefficient (Wildman–Crippen LogP) is 4.06. The molecule has 2 rings (SSSR count). The first-order chi connectivity index (χ1) is 11.8. The largest absolute Gasteiger partial charge is 0.465 e. The van der Waals surface area contributed by atoms with Crippen LogP contribution in [0.15, 0.2) is 47.4 Å². The van der Waals surface area contributed by atoms with Crippen molar-refractivity contribution in [3.8, 4) is 0 Å². The molecule has 0 saturated heterocycles. The fourth-order valence-electron chi connectivity index (χ4n) is 2.22. The van der Waals surface area contributed by atoms with Gasteiger partial charge in [-0.25, -0.2) is 8.42 Å². The van der Waals surface area contributed by atoms with Crippen LogP contribution in [0, 0.1) is 6.92 Å². The number of benzene rings is 2. The van der Waals surface area contributed by atoms with E-state index in [9.17, 15) is 13.2 Å². The third-order valence-corrected chi connectivity index (χ3v) is 5.82. The standard InChI is InChI=1S/C17H17Cl2NO4S/c1-3-24-17(21)11-20(14-6-4-5-12(2)9-14)25(22,23)16-10-13(18)7-8-15(16)19/h4-10H,3,11H2,1-2H3. The number of anilines is 1. The topological polar surface area (TPSA) is 63.7 Å². The lowest BCUT2D eigenvalue weighted by Crippen LogP contribution is -2.36. The average molecular weight is 402 g/mol. The number of hydrogen-bond donors (Lipinski definition) is 0. The number of esters is 1. The number of sulfonamides is 1. The van der Waals surface area contributed by atoms with Crippen LogP contribution in [0.2, 0.25) is 10.0 Å². The quantitative estimate of drug-likeness (QED) is 0.684. The van der Waals surface area contributed by atoms with E-state index in [1.807, 2.05) is 13.0 Å². The summed E-state index contributed by atoms with van der Waals surface area (Å²) in [4.78, 5) is 11.8. The first-order valence-electron chi connectivity index (χ1n) is 7.45. The van der Waals surface area contributed by atoms with E-state index in [0.29, 0.717) is 5.69 Å². The van der Waals surface area contributed by atoms with Crippen molar-refractivity contribution in [3.63, 3.8) is 0 Å². The van der Waals surface area contributed by atoms with Crippen LogP contribution < -0.4 is 4.31 Å². The summed E-state index contributed by atoms with van der Waals surface area (Å²) in [6.07, 6.45) is 0. The lowest BCUT2D eigenvalue weighted by Gasteiger charge is -2.24. The normalized spacial score (nSPS) is 11.2. The molecule has 0 N–H and O–H groups in total. The summed E-state index contributed by atoms with van der Waals surface area (Å²) in [7, 11) is -4.12. The van der Waals surface area contributed by atoms with E-state index < -0.39 is 22.5 Å². The maximum atomic E-state index is 13.1. The molecule has 0 unspecified atom stereocenters. The van der Waals surface area contributed by atoms with Crippen molar-refractivity contribution in [2.24, 2.45) is 0 Å². The van der Waals surface area contributed by atoms with E-state index in [2.05, 4.69) is 0 Å². The van der Waals surface area contributed by atoms with Gasteiger partial charge in [-0.3, -0.25) is 9.10 Å². The zero-order valence-electron chi connectivity index (χ0n) is 13.7. The Kier molecular flexibility index (Phi) is 6.32. The molecule has 2 aromatic carbocycles. The molecule has 134 valence electrons. The fourth-order valence-corrected chi connectivity index (χ4v) is 4.36. The molecule has 0 aromatic heterocycles. The highest BCUT2D eigenvalue weighted by atomic mass is 35.5. The molecule has 5 nitrogen and oxygen atoms in total. The Morgan fingerprint density at radius 3 is 2.52 bits per heavy atom. The Bertz CT molecular complexity index is 884. The Labute approximate surface area is 157 Å². The smallest absolute Gasteiger partial charge is 0.326 e. The summed E-state index contributed by atoms with van der Waals surface area (Å²) in [5.41, 5.74) is 1.18. The number of hydrogen-bond acceptors (Lipinski definition) is 4. The van der Waals surface area contributed by atoms with Gasteiger partial charge in [0.05, 0.1) is 17.3 Å². The van der Waals surface area contributed by atoms with E-state index in [4.69, 9.17) is 27.9 Å². The van der Waals surface area contributed by atoms with Gasteiger partial charge in [-0.1, -0.05) is 35.3 Å². The highest BCUT2D eigenvalue weighted by molar-refractivity contribution is 7.93. The molecule has 0 spiro atoms. The zero-order valence-corrected chi connectivity index (χ0v) is 16.0.